The number of esters is 1. The molecule has 0 saturated heterocycles. The molecule has 0 bridgehead atoms. The van der Waals surface area contributed by atoms with Crippen LogP contribution in [0, 0.1) is 30.9 Å². The van der Waals surface area contributed by atoms with Crippen molar-refractivity contribution in [2.75, 3.05) is 0 Å². The topological polar surface area (TPSA) is 117 Å². The van der Waals surface area contributed by atoms with Crippen LogP contribution in [0.15, 0.2) is 27.4 Å². The number of aromatic nitrogens is 2. The van der Waals surface area contributed by atoms with E-state index < -0.39 is 16.5 Å². The lowest BCUT2D eigenvalue weighted by Crippen LogP contribution is -2.16. The van der Waals surface area contributed by atoms with Crippen molar-refractivity contribution in [1.29, 1.82) is 0 Å². The van der Waals surface area contributed by atoms with Crippen molar-refractivity contribution in [1.82, 2.24) is 9.78 Å². The third kappa shape index (κ3) is 3.74. The van der Waals surface area contributed by atoms with Crippen molar-refractivity contribution in [2.45, 2.75) is 33.9 Å². The minimum absolute atomic E-state index is 0.135. The van der Waals surface area contributed by atoms with Crippen LogP contribution in [-0.2, 0) is 22.7 Å². The molecule has 0 fully saturated rings. The van der Waals surface area contributed by atoms with Crippen LogP contribution in [0.25, 0.3) is 11.0 Å². The zero-order chi connectivity index (χ0) is 20.6. The Hall–Kier alpha value is -3.20. The summed E-state index contributed by atoms with van der Waals surface area (Å²) in [4.78, 5) is 34.5. The molecule has 10 heteroatoms. The number of nitro groups is 1. The predicted molar refractivity (Wildman–Crippen MR) is 100 cm³/mol. The first-order valence-corrected chi connectivity index (χ1v) is 8.62. The first-order chi connectivity index (χ1) is 13.2. The van der Waals surface area contributed by atoms with E-state index in [1.165, 1.54) is 24.6 Å². The number of carbonyl (C=O) groups excluding carboxylic acids is 1. The molecule has 1 aromatic carbocycles. The highest BCUT2D eigenvalue weighted by atomic mass is 35.5. The van der Waals surface area contributed by atoms with Gasteiger partial charge < -0.3 is 9.15 Å². The fraction of sp³-hybridized carbons (Fsp3) is 0.278. The van der Waals surface area contributed by atoms with Crippen LogP contribution < -0.4 is 5.63 Å². The number of fused-ring (bicyclic) bond motifs is 1. The summed E-state index contributed by atoms with van der Waals surface area (Å²) in [5.41, 5.74) is 1.30. The molecule has 0 aliphatic carbocycles. The molecule has 0 spiro atoms. The van der Waals surface area contributed by atoms with Crippen molar-refractivity contribution in [2.24, 2.45) is 0 Å². The smallest absolute Gasteiger partial charge is 0.336 e. The quantitative estimate of drug-likeness (QED) is 0.277. The van der Waals surface area contributed by atoms with Crippen LogP contribution in [0.2, 0.25) is 5.02 Å². The number of benzene rings is 1. The number of nitrogens with zero attached hydrogens (tertiary/aromatic N) is 3. The van der Waals surface area contributed by atoms with Gasteiger partial charge in [0.05, 0.1) is 4.92 Å². The van der Waals surface area contributed by atoms with E-state index in [4.69, 9.17) is 20.8 Å². The third-order valence-corrected chi connectivity index (χ3v) is 4.71. The van der Waals surface area contributed by atoms with Crippen molar-refractivity contribution >= 4 is 34.2 Å². The fourth-order valence-corrected chi connectivity index (χ4v) is 3.06. The average Bonchev–Trinajstić information content (AvgIpc) is 2.88. The lowest BCUT2D eigenvalue weighted by molar-refractivity contribution is -0.386. The SMILES string of the molecule is Cc1cc2oc(=O)cc(COC(=O)Cn3nc(C)c([N+](=O)[O-])c3C)c2cc1Cl. The molecule has 0 N–H and O–H groups in total. The normalized spacial score (nSPS) is 11.0. The summed E-state index contributed by atoms with van der Waals surface area (Å²) in [7, 11) is 0. The minimum Gasteiger partial charge on any atom is -0.459 e. The van der Waals surface area contributed by atoms with Gasteiger partial charge in [0.2, 0.25) is 0 Å². The summed E-state index contributed by atoms with van der Waals surface area (Å²) in [6, 6.07) is 4.51. The van der Waals surface area contributed by atoms with E-state index in [-0.39, 0.29) is 30.2 Å². The standard InChI is InChI=1S/C18H16ClN3O6/c1-9-4-15-13(6-14(9)19)12(5-16(23)28-15)8-27-17(24)7-21-11(3)18(22(25)26)10(2)20-21/h4-6H,7-8H2,1-3H3. The second kappa shape index (κ2) is 7.43. The van der Waals surface area contributed by atoms with E-state index in [1.807, 2.05) is 0 Å². The summed E-state index contributed by atoms with van der Waals surface area (Å²) in [5.74, 6) is -0.653. The molecule has 146 valence electrons. The summed E-state index contributed by atoms with van der Waals surface area (Å²) >= 11 is 6.14. The van der Waals surface area contributed by atoms with Crippen LogP contribution in [0.4, 0.5) is 5.69 Å². The van der Waals surface area contributed by atoms with Gasteiger partial charge in [-0.3, -0.25) is 19.6 Å². The molecule has 0 unspecified atom stereocenters. The third-order valence-electron chi connectivity index (χ3n) is 4.30. The molecular formula is C18H16ClN3O6. The Labute approximate surface area is 163 Å². The van der Waals surface area contributed by atoms with Gasteiger partial charge in [0.1, 0.15) is 30.1 Å². The number of carbonyl (C=O) groups is 1. The first kappa shape index (κ1) is 19.6. The summed E-state index contributed by atoms with van der Waals surface area (Å²) < 4.78 is 11.6. The van der Waals surface area contributed by atoms with Gasteiger partial charge in [-0.15, -0.1) is 0 Å². The van der Waals surface area contributed by atoms with Gasteiger partial charge in [0, 0.05) is 22.0 Å². The van der Waals surface area contributed by atoms with Crippen molar-refractivity contribution < 1.29 is 18.9 Å². The number of hydrogen-bond acceptors (Lipinski definition) is 7. The van der Waals surface area contributed by atoms with Gasteiger partial charge in [-0.25, -0.2) is 4.79 Å². The van der Waals surface area contributed by atoms with Crippen molar-refractivity contribution in [3.63, 3.8) is 0 Å². The summed E-state index contributed by atoms with van der Waals surface area (Å²) in [5, 5.41) is 16.1. The van der Waals surface area contributed by atoms with Gasteiger partial charge in [0.15, 0.2) is 0 Å². The molecule has 0 aliphatic heterocycles. The summed E-state index contributed by atoms with van der Waals surface area (Å²) in [6.07, 6.45) is 0. The van der Waals surface area contributed by atoms with Crippen molar-refractivity contribution in [3.05, 3.63) is 66.3 Å². The predicted octanol–water partition coefficient (Wildman–Crippen LogP) is 3.22. The molecule has 0 radical (unpaired) electrons. The lowest BCUT2D eigenvalue weighted by Gasteiger charge is -2.09. The molecule has 0 atom stereocenters. The number of rotatable bonds is 5. The highest BCUT2D eigenvalue weighted by molar-refractivity contribution is 6.32. The highest BCUT2D eigenvalue weighted by Gasteiger charge is 2.23. The van der Waals surface area contributed by atoms with E-state index in [0.717, 1.165) is 5.56 Å². The van der Waals surface area contributed by atoms with E-state index in [0.29, 0.717) is 21.6 Å². The molecule has 2 aromatic heterocycles. The number of hydrogen-bond donors (Lipinski definition) is 0. The monoisotopic (exact) mass is 405 g/mol. The second-order valence-electron chi connectivity index (χ2n) is 6.28. The van der Waals surface area contributed by atoms with Gasteiger partial charge >= 0.3 is 17.3 Å². The van der Waals surface area contributed by atoms with E-state index in [2.05, 4.69) is 5.10 Å². The lowest BCUT2D eigenvalue weighted by atomic mass is 10.1. The van der Waals surface area contributed by atoms with Gasteiger partial charge in [-0.05, 0) is 38.5 Å². The molecule has 0 aliphatic rings. The number of halogens is 1. The zero-order valence-electron chi connectivity index (χ0n) is 15.3. The Morgan fingerprint density at radius 3 is 2.68 bits per heavy atom. The van der Waals surface area contributed by atoms with Crippen LogP contribution in [0.5, 0.6) is 0 Å². The molecule has 3 aromatic rings. The molecule has 3 rings (SSSR count). The molecule has 0 amide bonds. The van der Waals surface area contributed by atoms with Crippen LogP contribution >= 0.6 is 11.6 Å². The molecule has 0 saturated carbocycles. The molecule has 28 heavy (non-hydrogen) atoms. The second-order valence-corrected chi connectivity index (χ2v) is 6.69. The maximum atomic E-state index is 12.2. The largest absolute Gasteiger partial charge is 0.459 e. The highest BCUT2D eigenvalue weighted by Crippen LogP contribution is 2.26. The molecular weight excluding hydrogens is 390 g/mol. The van der Waals surface area contributed by atoms with Gasteiger partial charge in [0.25, 0.3) is 0 Å². The maximum Gasteiger partial charge on any atom is 0.336 e. The van der Waals surface area contributed by atoms with E-state index >= 15 is 0 Å². The van der Waals surface area contributed by atoms with Crippen LogP contribution in [-0.4, -0.2) is 20.7 Å². The summed E-state index contributed by atoms with van der Waals surface area (Å²) in [6.45, 7) is 4.31. The Balaban J connectivity index is 1.80. The Kier molecular flexibility index (Phi) is 5.19. The van der Waals surface area contributed by atoms with Crippen LogP contribution in [0.3, 0.4) is 0 Å². The Bertz CT molecular complexity index is 1160. The first-order valence-electron chi connectivity index (χ1n) is 8.24. The van der Waals surface area contributed by atoms with Crippen LogP contribution in [0.1, 0.15) is 22.5 Å². The minimum atomic E-state index is -0.653. The Morgan fingerprint density at radius 2 is 2.04 bits per heavy atom. The van der Waals surface area contributed by atoms with E-state index in [1.54, 1.807) is 19.1 Å². The van der Waals surface area contributed by atoms with Crippen molar-refractivity contribution in [3.8, 4) is 0 Å². The van der Waals surface area contributed by atoms with E-state index in [9.17, 15) is 19.7 Å². The average molecular weight is 406 g/mol. The number of ether oxygens (including phenoxy) is 1. The number of aryl methyl sites for hydroxylation is 2. The maximum absolute atomic E-state index is 12.2. The van der Waals surface area contributed by atoms with Gasteiger partial charge in [-0.2, -0.15) is 5.10 Å². The Morgan fingerprint density at radius 1 is 1.32 bits per heavy atom. The fourth-order valence-electron chi connectivity index (χ4n) is 2.90. The molecule has 2 heterocycles. The zero-order valence-corrected chi connectivity index (χ0v) is 16.1. The van der Waals surface area contributed by atoms with Gasteiger partial charge in [-0.1, -0.05) is 11.6 Å². The molecule has 9 nitrogen and oxygen atoms in total.